The van der Waals surface area contributed by atoms with Gasteiger partial charge in [-0.05, 0) is 101 Å². The molecular weight excluding hydrogens is 535 g/mol. The molecule has 3 rings (SSSR count). The summed E-state index contributed by atoms with van der Waals surface area (Å²) in [6, 6.07) is 0.628. The van der Waals surface area contributed by atoms with E-state index in [4.69, 9.17) is 10.0 Å². The van der Waals surface area contributed by atoms with Crippen molar-refractivity contribution in [2.75, 3.05) is 13.1 Å². The molecule has 0 aromatic rings. The van der Waals surface area contributed by atoms with E-state index in [0.29, 0.717) is 6.04 Å². The first-order chi connectivity index (χ1) is 18.6. The van der Waals surface area contributed by atoms with Crippen molar-refractivity contribution in [2.24, 2.45) is 17.8 Å². The molecule has 1 heterocycles. The Morgan fingerprint density at radius 1 is 0.950 bits per heavy atom. The molecule has 0 unspecified atom stereocenters. The number of hydrogen-bond donors (Lipinski definition) is 4. The molecule has 0 spiro atoms. The van der Waals surface area contributed by atoms with Gasteiger partial charge in [-0.1, -0.05) is 53.0 Å². The van der Waals surface area contributed by atoms with Crippen molar-refractivity contribution in [3.05, 3.63) is 12.2 Å². The smallest absolute Gasteiger partial charge is 0.545 e. The number of aliphatic carboxylic acids is 1. The van der Waals surface area contributed by atoms with Crippen LogP contribution in [0.5, 0.6) is 0 Å². The fourth-order valence-corrected chi connectivity index (χ4v) is 5.62. The van der Waals surface area contributed by atoms with Crippen molar-refractivity contribution in [2.45, 2.75) is 136 Å². The van der Waals surface area contributed by atoms with Crippen LogP contribution >= 0.6 is 0 Å². The minimum atomic E-state index is -1.19. The molecule has 40 heavy (non-hydrogen) atoms. The summed E-state index contributed by atoms with van der Waals surface area (Å²) in [6.07, 6.45) is 17.6. The zero-order valence-corrected chi connectivity index (χ0v) is 29.3. The number of hydrogen-bond acceptors (Lipinski definition) is 7. The Morgan fingerprint density at radius 2 is 1.43 bits per heavy atom. The van der Waals surface area contributed by atoms with Gasteiger partial charge in [0.2, 0.25) is 0 Å². The van der Waals surface area contributed by atoms with Gasteiger partial charge in [-0.15, -0.1) is 5.59 Å². The predicted molar refractivity (Wildman–Crippen MR) is 154 cm³/mol. The molecular formula is C30H57KN4O5. The van der Waals surface area contributed by atoms with E-state index < -0.39 is 12.1 Å². The second-order valence-corrected chi connectivity index (χ2v) is 12.1. The van der Waals surface area contributed by atoms with Crippen molar-refractivity contribution in [1.29, 1.82) is 0 Å². The maximum atomic E-state index is 10.7. The number of hydroxylamine groups is 1. The molecule has 3 aliphatic rings. The van der Waals surface area contributed by atoms with Crippen LogP contribution in [-0.4, -0.2) is 47.4 Å². The zero-order valence-electron chi connectivity index (χ0n) is 26.1. The fourth-order valence-electron chi connectivity index (χ4n) is 5.62. The van der Waals surface area contributed by atoms with E-state index in [0.717, 1.165) is 43.7 Å². The summed E-state index contributed by atoms with van der Waals surface area (Å²) < 4.78 is 0. The topological polar surface area (TPSA) is 126 Å². The van der Waals surface area contributed by atoms with Gasteiger partial charge in [-0.2, -0.15) is 10.4 Å². The Morgan fingerprint density at radius 3 is 1.80 bits per heavy atom. The molecule has 0 atom stereocenters. The van der Waals surface area contributed by atoms with Crippen LogP contribution in [0.1, 0.15) is 124 Å². The zero-order chi connectivity index (χ0) is 29.0. The van der Waals surface area contributed by atoms with Gasteiger partial charge in [0, 0.05) is 25.2 Å². The maximum Gasteiger partial charge on any atom is 1.00 e. The molecule has 0 radical (unpaired) electrons. The Hall–Kier alpha value is -0.0436. The largest absolute Gasteiger partial charge is 1.00 e. The molecule has 0 bridgehead atoms. The van der Waals surface area contributed by atoms with Crippen molar-refractivity contribution >= 4 is 12.1 Å². The van der Waals surface area contributed by atoms with E-state index in [9.17, 15) is 14.7 Å². The van der Waals surface area contributed by atoms with Crippen molar-refractivity contribution < 1.29 is 76.1 Å². The molecule has 0 aromatic heterocycles. The number of carbonyl (C=O) groups is 2. The average Bonchev–Trinajstić information content (AvgIpc) is 3.15. The first-order valence-corrected chi connectivity index (χ1v) is 15.4. The second kappa shape index (κ2) is 24.4. The van der Waals surface area contributed by atoms with Gasteiger partial charge >= 0.3 is 57.5 Å². The molecule has 1 amide bonds. The Kier molecular flexibility index (Phi) is 24.4. The van der Waals surface area contributed by atoms with E-state index in [1.807, 2.05) is 0 Å². The predicted octanol–water partition coefficient (Wildman–Crippen LogP) is 2.34. The van der Waals surface area contributed by atoms with E-state index in [-0.39, 0.29) is 63.0 Å². The van der Waals surface area contributed by atoms with E-state index in [1.165, 1.54) is 90.4 Å². The number of nitrogens with one attached hydrogen (secondary N) is 3. The van der Waals surface area contributed by atoms with E-state index in [1.54, 1.807) is 0 Å². The van der Waals surface area contributed by atoms with Crippen LogP contribution in [0.15, 0.2) is 12.2 Å². The molecule has 0 aromatic carbocycles. The molecule has 2 aliphatic carbocycles. The van der Waals surface area contributed by atoms with Gasteiger partial charge in [0.1, 0.15) is 0 Å². The summed E-state index contributed by atoms with van der Waals surface area (Å²) in [6.45, 7) is 13.3. The van der Waals surface area contributed by atoms with Gasteiger partial charge in [0.05, 0.1) is 5.97 Å². The number of nitrogens with zero attached hydrogens (tertiary/aromatic N) is 1. The first-order valence-electron chi connectivity index (χ1n) is 15.4. The van der Waals surface area contributed by atoms with Gasteiger partial charge in [-0.25, -0.2) is 9.80 Å². The fraction of sp³-hybridized carbons (Fsp3) is 0.867. The Labute approximate surface area is 286 Å². The SMILES string of the molecule is C=C(C)C(=O)[O-].CCCC(C)C.O=C(O)NC1CCC(CC2CCC(NONN3CCCCCC3)CC2)CC1.[K+]. The maximum absolute atomic E-state index is 10.7. The monoisotopic (exact) mass is 592 g/mol. The third kappa shape index (κ3) is 20.8. The van der Waals surface area contributed by atoms with Crippen LogP contribution in [0.2, 0.25) is 0 Å². The van der Waals surface area contributed by atoms with Gasteiger partial charge in [0.25, 0.3) is 0 Å². The normalized spacial score (nSPS) is 25.1. The molecule has 2 saturated carbocycles. The van der Waals surface area contributed by atoms with Crippen molar-refractivity contribution in [1.82, 2.24) is 21.4 Å². The summed E-state index contributed by atoms with van der Waals surface area (Å²) in [5.74, 6) is 1.33. The van der Waals surface area contributed by atoms with Crippen LogP contribution in [0, 0.1) is 17.8 Å². The van der Waals surface area contributed by atoms with Crippen molar-refractivity contribution in [3.63, 3.8) is 0 Å². The summed E-state index contributed by atoms with van der Waals surface area (Å²) in [5.41, 5.74) is 6.36. The number of carboxylic acid groups (broad SMARTS) is 2. The summed E-state index contributed by atoms with van der Waals surface area (Å²) in [5, 5.41) is 23.1. The summed E-state index contributed by atoms with van der Waals surface area (Å²) in [4.78, 5) is 25.8. The molecule has 10 heteroatoms. The summed E-state index contributed by atoms with van der Waals surface area (Å²) >= 11 is 0. The number of amides is 1. The van der Waals surface area contributed by atoms with Crippen molar-refractivity contribution in [3.8, 4) is 0 Å². The Bertz CT molecular complexity index is 661. The molecule has 9 nitrogen and oxygen atoms in total. The average molecular weight is 593 g/mol. The first kappa shape index (κ1) is 40.0. The van der Waals surface area contributed by atoms with Gasteiger partial charge in [-0.3, -0.25) is 0 Å². The number of hydrazine groups is 1. The van der Waals surface area contributed by atoms with E-state index in [2.05, 4.69) is 48.7 Å². The summed E-state index contributed by atoms with van der Waals surface area (Å²) in [7, 11) is 0. The van der Waals surface area contributed by atoms with E-state index >= 15 is 0 Å². The minimum absolute atomic E-state index is 0. The van der Waals surface area contributed by atoms with Crippen LogP contribution in [0.25, 0.3) is 0 Å². The third-order valence-corrected chi connectivity index (χ3v) is 7.91. The molecule has 1 aliphatic heterocycles. The van der Waals surface area contributed by atoms with Crippen LogP contribution in [0.3, 0.4) is 0 Å². The van der Waals surface area contributed by atoms with Crippen LogP contribution in [-0.2, 0) is 9.73 Å². The number of carboxylic acids is 1. The van der Waals surface area contributed by atoms with Crippen LogP contribution < -0.4 is 72.9 Å². The molecule has 3 fully saturated rings. The number of rotatable bonds is 10. The minimum Gasteiger partial charge on any atom is -0.545 e. The quantitative estimate of drug-likeness (QED) is 0.173. The standard InChI is InChI=1S/C20H38N4O3.C6H14.C4H6O2.K/c25-20(26)21-18-9-5-16(6-10-18)15-17-7-11-19(12-8-17)22-27-23-24-13-3-1-2-4-14-24;1-4-5-6(2)3;1-3(2)4(5)6;/h16-19,21-23H,1-15H2,(H,25,26);6H,4-5H2,1-3H3;1H2,2H3,(H,5,6);/q;;;+1/p-1. The molecule has 4 N–H and O–H groups in total. The van der Waals surface area contributed by atoms with Gasteiger partial charge < -0.3 is 20.3 Å². The second-order valence-electron chi connectivity index (χ2n) is 12.1. The third-order valence-electron chi connectivity index (χ3n) is 7.91. The Balaban J connectivity index is 0.000000985. The van der Waals surface area contributed by atoms with Crippen LogP contribution in [0.4, 0.5) is 4.79 Å². The number of carbonyl (C=O) groups excluding carboxylic acids is 1. The molecule has 1 saturated heterocycles. The molecule has 228 valence electrons. The van der Waals surface area contributed by atoms with Gasteiger partial charge in [0.15, 0.2) is 0 Å².